The third kappa shape index (κ3) is 67.5. The predicted molar refractivity (Wildman–Crippen MR) is 361 cm³/mol. The lowest BCUT2D eigenvalue weighted by atomic mass is 10.0. The molecule has 0 aromatic rings. The van der Waals surface area contributed by atoms with E-state index in [-0.39, 0.29) is 25.2 Å². The van der Waals surface area contributed by atoms with Gasteiger partial charge in [0.25, 0.3) is 0 Å². The predicted octanol–water partition coefficient (Wildman–Crippen LogP) is 23.4. The summed E-state index contributed by atoms with van der Waals surface area (Å²) in [5.74, 6) is -0.619. The number of aliphatic hydroxyl groups excluding tert-OH is 1. The highest BCUT2D eigenvalue weighted by Gasteiger charge is 2.16. The smallest absolute Gasteiger partial charge is 0.306 e. The third-order valence-electron chi connectivity index (χ3n) is 13.7. The first-order valence-electron chi connectivity index (χ1n) is 33.3. The van der Waals surface area contributed by atoms with Crippen molar-refractivity contribution in [1.82, 2.24) is 0 Å². The summed E-state index contributed by atoms with van der Waals surface area (Å²) in [6.07, 6.45) is 110. The Morgan fingerprint density at radius 1 is 0.280 bits per heavy atom. The van der Waals surface area contributed by atoms with Gasteiger partial charge in [0, 0.05) is 12.8 Å². The Balaban J connectivity index is 3.61. The van der Waals surface area contributed by atoms with Crippen molar-refractivity contribution >= 4 is 11.9 Å². The van der Waals surface area contributed by atoms with Crippen LogP contribution in [0.15, 0.2) is 182 Å². The molecule has 0 aliphatic rings. The molecule has 0 fully saturated rings. The number of carbonyl (C=O) groups is 2. The lowest BCUT2D eigenvalue weighted by molar-refractivity contribution is -0.161. The molecule has 0 saturated carbocycles. The van der Waals surface area contributed by atoms with E-state index >= 15 is 0 Å². The van der Waals surface area contributed by atoms with Crippen LogP contribution >= 0.6 is 0 Å². The summed E-state index contributed by atoms with van der Waals surface area (Å²) < 4.78 is 10.7. The molecule has 0 radical (unpaired) electrons. The highest BCUT2D eigenvalue weighted by Crippen LogP contribution is 2.16. The Morgan fingerprint density at radius 2 is 0.488 bits per heavy atom. The molecule has 5 nitrogen and oxygen atoms in total. The molecule has 1 unspecified atom stereocenters. The van der Waals surface area contributed by atoms with Gasteiger partial charge >= 0.3 is 11.9 Å². The van der Waals surface area contributed by atoms with Crippen LogP contribution in [-0.4, -0.2) is 36.4 Å². The minimum absolute atomic E-state index is 0.0835. The summed E-state index contributed by atoms with van der Waals surface area (Å²) in [5.41, 5.74) is 0. The maximum Gasteiger partial charge on any atom is 0.306 e. The number of aliphatic hydroxyl groups is 1. The van der Waals surface area contributed by atoms with Gasteiger partial charge in [0.05, 0.1) is 6.61 Å². The largest absolute Gasteiger partial charge is 0.462 e. The zero-order valence-corrected chi connectivity index (χ0v) is 52.7. The molecule has 0 saturated heterocycles. The van der Waals surface area contributed by atoms with Crippen LogP contribution in [0.5, 0.6) is 0 Å². The minimum atomic E-state index is -0.797. The van der Waals surface area contributed by atoms with Crippen LogP contribution in [0.4, 0.5) is 0 Å². The molecule has 82 heavy (non-hydrogen) atoms. The average molecular weight is 1130 g/mol. The van der Waals surface area contributed by atoms with Crippen LogP contribution in [0, 0.1) is 0 Å². The molecule has 0 bridgehead atoms. The first-order valence-corrected chi connectivity index (χ1v) is 33.3. The van der Waals surface area contributed by atoms with Crippen molar-refractivity contribution < 1.29 is 24.2 Å². The molecule has 1 atom stereocenters. The highest BCUT2D eigenvalue weighted by molar-refractivity contribution is 5.70. The van der Waals surface area contributed by atoms with E-state index in [4.69, 9.17) is 9.47 Å². The second-order valence-corrected chi connectivity index (χ2v) is 21.4. The van der Waals surface area contributed by atoms with Crippen LogP contribution in [0.3, 0.4) is 0 Å². The molecule has 0 aromatic heterocycles. The summed E-state index contributed by atoms with van der Waals surface area (Å²) in [6, 6.07) is 0. The molecule has 0 spiro atoms. The topological polar surface area (TPSA) is 72.8 Å². The van der Waals surface area contributed by atoms with E-state index in [0.717, 1.165) is 154 Å². The van der Waals surface area contributed by atoms with Crippen molar-refractivity contribution in [3.8, 4) is 0 Å². The van der Waals surface area contributed by atoms with Crippen LogP contribution < -0.4 is 0 Å². The quantitative estimate of drug-likeness (QED) is 0.0373. The normalized spacial score (nSPS) is 13.5. The monoisotopic (exact) mass is 1130 g/mol. The van der Waals surface area contributed by atoms with Gasteiger partial charge in [0.15, 0.2) is 6.10 Å². The van der Waals surface area contributed by atoms with Crippen molar-refractivity contribution in [1.29, 1.82) is 0 Å². The summed E-state index contributed by atoms with van der Waals surface area (Å²) >= 11 is 0. The minimum Gasteiger partial charge on any atom is -0.462 e. The van der Waals surface area contributed by atoms with Crippen molar-refractivity contribution in [2.45, 2.75) is 277 Å². The molecule has 1 N–H and O–H groups in total. The van der Waals surface area contributed by atoms with Crippen LogP contribution in [-0.2, 0) is 19.1 Å². The second kappa shape index (κ2) is 70.3. The molecule has 0 aromatic carbocycles. The van der Waals surface area contributed by atoms with Crippen LogP contribution in [0.25, 0.3) is 0 Å². The number of ether oxygens (including phenoxy) is 2. The molecule has 0 heterocycles. The van der Waals surface area contributed by atoms with E-state index in [1.807, 2.05) is 0 Å². The number of allylic oxidation sites excluding steroid dienone is 30. The van der Waals surface area contributed by atoms with Crippen molar-refractivity contribution in [3.63, 3.8) is 0 Å². The highest BCUT2D eigenvalue weighted by atomic mass is 16.6. The van der Waals surface area contributed by atoms with Gasteiger partial charge in [-0.1, -0.05) is 305 Å². The van der Waals surface area contributed by atoms with Crippen molar-refractivity contribution in [2.24, 2.45) is 0 Å². The number of carbonyl (C=O) groups excluding carboxylic acids is 2. The standard InChI is InChI=1S/C77H122O5/c1-3-5-7-9-11-13-15-17-19-21-23-25-27-29-31-33-34-35-36-37-38-39-40-41-42-44-46-48-50-52-54-56-58-60-62-64-66-68-70-72-77(80)82-75(73-78)74-81-76(79)71-69-67-65-63-61-59-57-55-53-51-49-47-45-43-32-30-28-26-24-22-20-18-16-14-12-10-8-6-4-2/h5-8,11-14,17-20,23-26,29,31,34-35,37-38,40-41,44,46,50,52,56,58,75,78H,3-4,9-10,15-16,21-22,27-28,30,32-33,36,39,42-43,45,47-49,51,53-55,57,59-74H2,1-2H3/b7-5-,8-6-,13-11-,14-12-,19-17-,20-18-,25-23-,26-24-,31-29-,35-34-,38-37-,41-40-,46-44-,52-50-,58-56-. The Hall–Kier alpha value is -5.00. The van der Waals surface area contributed by atoms with E-state index in [0.29, 0.717) is 12.8 Å². The first kappa shape index (κ1) is 77.0. The first-order chi connectivity index (χ1) is 40.6. The summed E-state index contributed by atoms with van der Waals surface area (Å²) in [7, 11) is 0. The van der Waals surface area contributed by atoms with Gasteiger partial charge in [-0.25, -0.2) is 0 Å². The zero-order valence-electron chi connectivity index (χ0n) is 52.7. The van der Waals surface area contributed by atoms with Gasteiger partial charge in [-0.3, -0.25) is 9.59 Å². The Labute approximate surface area is 505 Å². The zero-order chi connectivity index (χ0) is 59.1. The van der Waals surface area contributed by atoms with E-state index in [1.54, 1.807) is 0 Å². The molecule has 0 aliphatic carbocycles. The summed E-state index contributed by atoms with van der Waals surface area (Å²) in [4.78, 5) is 24.6. The maximum absolute atomic E-state index is 12.4. The second-order valence-electron chi connectivity index (χ2n) is 21.4. The van der Waals surface area contributed by atoms with Gasteiger partial charge in [0.1, 0.15) is 6.61 Å². The molecule has 0 aliphatic heterocycles. The number of hydrogen-bond acceptors (Lipinski definition) is 5. The van der Waals surface area contributed by atoms with E-state index in [9.17, 15) is 14.7 Å². The lowest BCUT2D eigenvalue weighted by Gasteiger charge is -2.15. The molecule has 0 amide bonds. The van der Waals surface area contributed by atoms with E-state index in [2.05, 4.69) is 196 Å². The van der Waals surface area contributed by atoms with Gasteiger partial charge in [-0.05, 0) is 135 Å². The Morgan fingerprint density at radius 3 is 0.732 bits per heavy atom. The number of hydrogen-bond donors (Lipinski definition) is 1. The van der Waals surface area contributed by atoms with Gasteiger partial charge in [-0.15, -0.1) is 0 Å². The average Bonchev–Trinajstić information content (AvgIpc) is 3.49. The van der Waals surface area contributed by atoms with Crippen LogP contribution in [0.1, 0.15) is 271 Å². The molecular weight excluding hydrogens is 1000 g/mol. The number of unbranched alkanes of at least 4 members (excludes halogenated alkanes) is 21. The Kier molecular flexibility index (Phi) is 66.0. The fraction of sp³-hybridized carbons (Fsp3) is 0.584. The molecule has 5 heteroatoms. The summed E-state index contributed by atoms with van der Waals surface area (Å²) in [5, 5.41) is 9.69. The van der Waals surface area contributed by atoms with Gasteiger partial charge in [-0.2, -0.15) is 0 Å². The third-order valence-corrected chi connectivity index (χ3v) is 13.7. The molecule has 0 rings (SSSR count). The lowest BCUT2D eigenvalue weighted by Crippen LogP contribution is -2.28. The maximum atomic E-state index is 12.4. The van der Waals surface area contributed by atoms with E-state index in [1.165, 1.54) is 89.9 Å². The fourth-order valence-electron chi connectivity index (χ4n) is 8.79. The Bertz CT molecular complexity index is 1850. The van der Waals surface area contributed by atoms with E-state index < -0.39 is 6.10 Å². The number of rotatable bonds is 59. The number of esters is 2. The van der Waals surface area contributed by atoms with Crippen LogP contribution in [0.2, 0.25) is 0 Å². The van der Waals surface area contributed by atoms with Gasteiger partial charge in [0.2, 0.25) is 0 Å². The summed E-state index contributed by atoms with van der Waals surface area (Å²) in [6.45, 7) is 3.90. The van der Waals surface area contributed by atoms with Gasteiger partial charge < -0.3 is 14.6 Å². The SMILES string of the molecule is CC/C=C\C/C=C\C/C=C\C/C=C\C/C=C\C/C=C\C/C=C\C/C=C\C/C=C\C/C=C\C/C=C\CCCCCCCC(=O)OC(CO)COC(=O)CCCCCCCCCCCCCCCCCC/C=C\C/C=C\C/C=C\C/C=C\CC. The van der Waals surface area contributed by atoms with Crippen molar-refractivity contribution in [2.75, 3.05) is 13.2 Å². The molecule has 460 valence electrons. The fourth-order valence-corrected chi connectivity index (χ4v) is 8.79. The molecular formula is C77H122O5. The van der Waals surface area contributed by atoms with Crippen molar-refractivity contribution in [3.05, 3.63) is 182 Å².